The van der Waals surface area contributed by atoms with Crippen LogP contribution in [0.5, 0.6) is 0 Å². The molecule has 0 spiro atoms. The third-order valence-electron chi connectivity index (χ3n) is 4.10. The van der Waals surface area contributed by atoms with E-state index in [0.29, 0.717) is 41.2 Å². The molecule has 8 nitrogen and oxygen atoms in total. The van der Waals surface area contributed by atoms with Crippen molar-refractivity contribution in [3.8, 4) is 0 Å². The second kappa shape index (κ2) is 5.31. The number of thiazole rings is 1. The Morgan fingerprint density at radius 1 is 1.46 bits per heavy atom. The molecule has 3 N–H and O–H groups in total. The van der Waals surface area contributed by atoms with Gasteiger partial charge >= 0.3 is 0 Å². The number of fused-ring (bicyclic) bond motifs is 2. The number of anilines is 1. The Kier molecular flexibility index (Phi) is 3.24. The van der Waals surface area contributed by atoms with Crippen LogP contribution in [0.25, 0.3) is 10.9 Å². The zero-order valence-electron chi connectivity index (χ0n) is 12.5. The Morgan fingerprint density at radius 3 is 3.08 bits per heavy atom. The minimum Gasteiger partial charge on any atom is -0.375 e. The number of carbonyl (C=O) groups is 1. The molecule has 3 heterocycles. The van der Waals surface area contributed by atoms with Crippen LogP contribution in [0.15, 0.2) is 24.3 Å². The molecule has 0 aliphatic carbocycles. The third kappa shape index (κ3) is 2.29. The molecule has 4 rings (SSSR count). The van der Waals surface area contributed by atoms with E-state index in [-0.39, 0.29) is 11.6 Å². The summed E-state index contributed by atoms with van der Waals surface area (Å²) in [5.74, 6) is -0.182. The van der Waals surface area contributed by atoms with E-state index in [1.54, 1.807) is 23.1 Å². The van der Waals surface area contributed by atoms with Crippen molar-refractivity contribution >= 4 is 39.0 Å². The van der Waals surface area contributed by atoms with Crippen molar-refractivity contribution in [2.24, 2.45) is 0 Å². The van der Waals surface area contributed by atoms with Gasteiger partial charge in [0.05, 0.1) is 28.1 Å². The molecule has 1 aliphatic rings. The fourth-order valence-electron chi connectivity index (χ4n) is 2.97. The van der Waals surface area contributed by atoms with Gasteiger partial charge in [-0.15, -0.1) is 11.3 Å². The molecule has 0 fully saturated rings. The Bertz CT molecular complexity index is 977. The van der Waals surface area contributed by atoms with Crippen LogP contribution in [0, 0.1) is 10.1 Å². The first-order valence-corrected chi connectivity index (χ1v) is 8.14. The first kappa shape index (κ1) is 14.6. The summed E-state index contributed by atoms with van der Waals surface area (Å²) in [6, 6.07) is 6.29. The number of hydrogen-bond acceptors (Lipinski definition) is 6. The van der Waals surface area contributed by atoms with E-state index in [1.807, 2.05) is 0 Å². The molecule has 9 heteroatoms. The van der Waals surface area contributed by atoms with Crippen LogP contribution in [0.4, 0.5) is 10.8 Å². The molecule has 1 amide bonds. The summed E-state index contributed by atoms with van der Waals surface area (Å²) in [5.41, 5.74) is 7.58. The number of nitrogens with two attached hydrogens (primary N) is 1. The van der Waals surface area contributed by atoms with Crippen molar-refractivity contribution in [1.29, 1.82) is 0 Å². The van der Waals surface area contributed by atoms with Gasteiger partial charge in [0.1, 0.15) is 5.69 Å². The van der Waals surface area contributed by atoms with Gasteiger partial charge in [-0.2, -0.15) is 0 Å². The highest BCUT2D eigenvalue weighted by Gasteiger charge is 2.26. The van der Waals surface area contributed by atoms with Gasteiger partial charge in [-0.05, 0) is 12.1 Å². The Balaban J connectivity index is 1.67. The number of nitrogens with zero attached hydrogens (tertiary/aromatic N) is 3. The lowest BCUT2D eigenvalue weighted by atomic mass is 10.1. The standard InChI is InChI=1S/C15H13N5O3S/c16-15-18-10-4-5-19(7-13(10)24-15)14(21)11-6-8-9(17-11)2-1-3-12(8)20(22)23/h1-3,6,17H,4-5,7H2,(H2,16,18). The number of non-ortho nitro benzene ring substituents is 1. The Hall–Kier alpha value is -2.94. The molecule has 0 atom stereocenters. The largest absolute Gasteiger partial charge is 0.375 e. The minimum atomic E-state index is -0.447. The summed E-state index contributed by atoms with van der Waals surface area (Å²) in [7, 11) is 0. The van der Waals surface area contributed by atoms with Gasteiger partial charge < -0.3 is 15.6 Å². The maximum Gasteiger partial charge on any atom is 0.278 e. The first-order valence-electron chi connectivity index (χ1n) is 7.32. The summed E-state index contributed by atoms with van der Waals surface area (Å²) in [6.07, 6.45) is 0.662. The molecule has 3 aromatic rings. The number of H-pyrrole nitrogens is 1. The van der Waals surface area contributed by atoms with Gasteiger partial charge in [-0.25, -0.2) is 4.98 Å². The van der Waals surface area contributed by atoms with Crippen LogP contribution in [0.3, 0.4) is 0 Å². The smallest absolute Gasteiger partial charge is 0.278 e. The summed E-state index contributed by atoms with van der Waals surface area (Å²) in [5, 5.41) is 12.1. The second-order valence-electron chi connectivity index (χ2n) is 5.58. The number of carbonyl (C=O) groups excluding carboxylic acids is 1. The molecular formula is C15H13N5O3S. The van der Waals surface area contributed by atoms with Crippen LogP contribution in [0.1, 0.15) is 21.1 Å². The zero-order chi connectivity index (χ0) is 16.8. The molecule has 122 valence electrons. The van der Waals surface area contributed by atoms with E-state index < -0.39 is 4.92 Å². The highest BCUT2D eigenvalue weighted by atomic mass is 32.1. The first-order chi connectivity index (χ1) is 11.5. The fraction of sp³-hybridized carbons (Fsp3) is 0.200. The molecule has 0 radical (unpaired) electrons. The van der Waals surface area contributed by atoms with E-state index in [2.05, 4.69) is 9.97 Å². The summed E-state index contributed by atoms with van der Waals surface area (Å²) in [6.45, 7) is 1.01. The van der Waals surface area contributed by atoms with Gasteiger partial charge in [0, 0.05) is 23.9 Å². The maximum absolute atomic E-state index is 12.7. The molecule has 0 bridgehead atoms. The Morgan fingerprint density at radius 2 is 2.29 bits per heavy atom. The van der Waals surface area contributed by atoms with Gasteiger partial charge in [-0.3, -0.25) is 14.9 Å². The number of rotatable bonds is 2. The summed E-state index contributed by atoms with van der Waals surface area (Å²) in [4.78, 5) is 33.4. The molecule has 1 aromatic carbocycles. The van der Waals surface area contributed by atoms with Crippen LogP contribution >= 0.6 is 11.3 Å². The van der Waals surface area contributed by atoms with Crippen molar-refractivity contribution in [3.05, 3.63) is 50.6 Å². The molecule has 24 heavy (non-hydrogen) atoms. The summed E-state index contributed by atoms with van der Waals surface area (Å²) < 4.78 is 0. The average Bonchev–Trinajstić information content (AvgIpc) is 3.14. The number of aromatic amines is 1. The number of aromatic nitrogens is 2. The number of benzene rings is 1. The van der Waals surface area contributed by atoms with Crippen LogP contribution < -0.4 is 5.73 Å². The number of nitro groups is 1. The van der Waals surface area contributed by atoms with Crippen molar-refractivity contribution < 1.29 is 9.72 Å². The van der Waals surface area contributed by atoms with E-state index in [1.165, 1.54) is 17.4 Å². The predicted molar refractivity (Wildman–Crippen MR) is 89.9 cm³/mol. The lowest BCUT2D eigenvalue weighted by Gasteiger charge is -2.25. The van der Waals surface area contributed by atoms with Gasteiger partial charge in [0.15, 0.2) is 5.13 Å². The SMILES string of the molecule is Nc1nc2c(s1)CN(C(=O)c1cc3c([N+](=O)[O-])cccc3[nH]1)CC2. The highest BCUT2D eigenvalue weighted by molar-refractivity contribution is 7.15. The van der Waals surface area contributed by atoms with Crippen LogP contribution in [0.2, 0.25) is 0 Å². The van der Waals surface area contributed by atoms with Crippen molar-refractivity contribution in [3.63, 3.8) is 0 Å². The van der Waals surface area contributed by atoms with Crippen molar-refractivity contribution in [1.82, 2.24) is 14.9 Å². The van der Waals surface area contributed by atoms with Crippen molar-refractivity contribution in [2.45, 2.75) is 13.0 Å². The van der Waals surface area contributed by atoms with E-state index >= 15 is 0 Å². The second-order valence-corrected chi connectivity index (χ2v) is 6.69. The summed E-state index contributed by atoms with van der Waals surface area (Å²) >= 11 is 1.39. The molecule has 0 unspecified atom stereocenters. The van der Waals surface area contributed by atoms with Crippen LogP contribution in [-0.2, 0) is 13.0 Å². The molecule has 0 saturated carbocycles. The van der Waals surface area contributed by atoms with Crippen molar-refractivity contribution in [2.75, 3.05) is 12.3 Å². The monoisotopic (exact) mass is 343 g/mol. The average molecular weight is 343 g/mol. The molecule has 1 aliphatic heterocycles. The van der Waals surface area contributed by atoms with Gasteiger partial charge in [0.25, 0.3) is 11.6 Å². The number of nitro benzene ring substituents is 1. The van der Waals surface area contributed by atoms with Crippen LogP contribution in [-0.4, -0.2) is 32.2 Å². The molecule has 2 aromatic heterocycles. The third-order valence-corrected chi connectivity index (χ3v) is 5.01. The minimum absolute atomic E-state index is 0.0149. The normalized spacial score (nSPS) is 13.9. The predicted octanol–water partition coefficient (Wildman–Crippen LogP) is 2.31. The number of amides is 1. The number of hydrogen-bond donors (Lipinski definition) is 2. The lowest BCUT2D eigenvalue weighted by Crippen LogP contribution is -2.35. The Labute approximate surface area is 140 Å². The number of nitrogen functional groups attached to an aromatic ring is 1. The quantitative estimate of drug-likeness (QED) is 0.547. The van der Waals surface area contributed by atoms with E-state index in [4.69, 9.17) is 5.73 Å². The fourth-order valence-corrected chi connectivity index (χ4v) is 3.87. The van der Waals surface area contributed by atoms with E-state index in [9.17, 15) is 14.9 Å². The molecule has 0 saturated heterocycles. The number of nitrogens with one attached hydrogen (secondary N) is 1. The molecular weight excluding hydrogens is 330 g/mol. The highest BCUT2D eigenvalue weighted by Crippen LogP contribution is 2.29. The zero-order valence-corrected chi connectivity index (χ0v) is 13.3. The van der Waals surface area contributed by atoms with E-state index in [0.717, 1.165) is 10.6 Å². The maximum atomic E-state index is 12.7. The topological polar surface area (TPSA) is 118 Å². The lowest BCUT2D eigenvalue weighted by molar-refractivity contribution is -0.383. The van der Waals surface area contributed by atoms with Gasteiger partial charge in [-0.1, -0.05) is 6.07 Å². The van der Waals surface area contributed by atoms with Gasteiger partial charge in [0.2, 0.25) is 0 Å².